The molecule has 0 bridgehead atoms. The van der Waals surface area contributed by atoms with Gasteiger partial charge in [0.15, 0.2) is 0 Å². The molecule has 1 atom stereocenters. The van der Waals surface area contributed by atoms with Crippen LogP contribution in [0.3, 0.4) is 0 Å². The van der Waals surface area contributed by atoms with E-state index in [0.717, 1.165) is 45.8 Å². The van der Waals surface area contributed by atoms with Gasteiger partial charge in [0.05, 0.1) is 12.6 Å². The molecule has 1 aromatic rings. The quantitative estimate of drug-likeness (QED) is 0.836. The minimum absolute atomic E-state index is 0.129. The van der Waals surface area contributed by atoms with Gasteiger partial charge in [0.25, 0.3) is 0 Å². The molecule has 1 aliphatic heterocycles. The van der Waals surface area contributed by atoms with Crippen molar-refractivity contribution in [2.45, 2.75) is 26.8 Å². The van der Waals surface area contributed by atoms with Gasteiger partial charge in [0.2, 0.25) is 0 Å². The molecule has 1 heterocycles. The number of hydrogen-bond acceptors (Lipinski definition) is 4. The smallest absolute Gasteiger partial charge is 0.0628 e. The van der Waals surface area contributed by atoms with Crippen molar-refractivity contribution in [1.29, 1.82) is 0 Å². The van der Waals surface area contributed by atoms with Crippen LogP contribution in [0.5, 0.6) is 0 Å². The number of rotatable bonds is 7. The number of likely N-dealkylation sites (N-methyl/N-ethyl adjacent to an activating group) is 1. The topological polar surface area (TPSA) is 30.0 Å². The van der Waals surface area contributed by atoms with Crippen LogP contribution in [0.2, 0.25) is 0 Å². The van der Waals surface area contributed by atoms with Gasteiger partial charge in [-0.1, -0.05) is 19.1 Å². The van der Waals surface area contributed by atoms with Crippen molar-refractivity contribution in [1.82, 2.24) is 9.80 Å². The summed E-state index contributed by atoms with van der Waals surface area (Å²) >= 11 is 0. The van der Waals surface area contributed by atoms with Crippen LogP contribution in [0.1, 0.15) is 32.4 Å². The van der Waals surface area contributed by atoms with Crippen LogP contribution in [0.4, 0.5) is 5.69 Å². The lowest BCUT2D eigenvalue weighted by atomic mass is 10.0. The molecular weight excluding hydrogens is 274 g/mol. The van der Waals surface area contributed by atoms with E-state index in [9.17, 15) is 5.11 Å². The average molecular weight is 305 g/mol. The summed E-state index contributed by atoms with van der Waals surface area (Å²) in [5, 5.41) is 9.86. The Labute approximate surface area is 135 Å². The van der Waals surface area contributed by atoms with Gasteiger partial charge in [-0.15, -0.1) is 0 Å². The molecule has 0 amide bonds. The van der Waals surface area contributed by atoms with Gasteiger partial charge in [0, 0.05) is 45.0 Å². The van der Waals surface area contributed by atoms with Crippen molar-refractivity contribution in [2.75, 3.05) is 57.3 Å². The zero-order valence-electron chi connectivity index (χ0n) is 14.3. The molecule has 0 radical (unpaired) electrons. The van der Waals surface area contributed by atoms with Crippen LogP contribution in [-0.4, -0.2) is 67.3 Å². The van der Waals surface area contributed by atoms with Crippen molar-refractivity contribution in [3.63, 3.8) is 0 Å². The maximum absolute atomic E-state index is 9.86. The van der Waals surface area contributed by atoms with Gasteiger partial charge in [-0.2, -0.15) is 0 Å². The molecule has 22 heavy (non-hydrogen) atoms. The molecule has 1 N–H and O–H groups in total. The Morgan fingerprint density at radius 3 is 2.05 bits per heavy atom. The molecule has 1 aromatic carbocycles. The number of piperazine rings is 1. The molecule has 1 saturated heterocycles. The third kappa shape index (κ3) is 4.00. The first-order valence-corrected chi connectivity index (χ1v) is 8.65. The highest BCUT2D eigenvalue weighted by molar-refractivity contribution is 5.47. The van der Waals surface area contributed by atoms with E-state index in [1.54, 1.807) is 0 Å². The standard InChI is InChI=1S/C18H31N3O/c1-4-19-11-13-21(14-12-19)18(15-22)16-7-9-17(10-8-16)20(5-2)6-3/h7-10,18,22H,4-6,11-15H2,1-3H3. The molecular formula is C18H31N3O. The second-order valence-corrected chi connectivity index (χ2v) is 5.93. The normalized spacial score (nSPS) is 18.4. The van der Waals surface area contributed by atoms with Crippen LogP contribution in [0.25, 0.3) is 0 Å². The van der Waals surface area contributed by atoms with Gasteiger partial charge in [-0.05, 0) is 38.1 Å². The lowest BCUT2D eigenvalue weighted by Crippen LogP contribution is -2.48. The molecule has 0 saturated carbocycles. The fraction of sp³-hybridized carbons (Fsp3) is 0.667. The molecule has 0 aliphatic carbocycles. The van der Waals surface area contributed by atoms with Gasteiger partial charge in [-0.3, -0.25) is 4.90 Å². The lowest BCUT2D eigenvalue weighted by Gasteiger charge is -2.38. The Morgan fingerprint density at radius 2 is 1.59 bits per heavy atom. The Hall–Kier alpha value is -1.10. The maximum Gasteiger partial charge on any atom is 0.0628 e. The number of aliphatic hydroxyl groups is 1. The van der Waals surface area contributed by atoms with Gasteiger partial charge >= 0.3 is 0 Å². The summed E-state index contributed by atoms with van der Waals surface area (Å²) in [6, 6.07) is 8.87. The van der Waals surface area contributed by atoms with E-state index < -0.39 is 0 Å². The zero-order chi connectivity index (χ0) is 15.9. The highest BCUT2D eigenvalue weighted by Gasteiger charge is 2.24. The monoisotopic (exact) mass is 305 g/mol. The van der Waals surface area contributed by atoms with E-state index in [1.165, 1.54) is 11.3 Å². The summed E-state index contributed by atoms with van der Waals surface area (Å²) in [6.45, 7) is 14.2. The summed E-state index contributed by atoms with van der Waals surface area (Å²) in [6.07, 6.45) is 0. The second kappa shape index (κ2) is 8.51. The minimum Gasteiger partial charge on any atom is -0.394 e. The van der Waals surface area contributed by atoms with E-state index in [2.05, 4.69) is 59.7 Å². The van der Waals surface area contributed by atoms with Crippen molar-refractivity contribution >= 4 is 5.69 Å². The Bertz CT molecular complexity index is 422. The third-order valence-electron chi connectivity index (χ3n) is 4.87. The summed E-state index contributed by atoms with van der Waals surface area (Å²) in [7, 11) is 0. The summed E-state index contributed by atoms with van der Waals surface area (Å²) in [4.78, 5) is 7.23. The summed E-state index contributed by atoms with van der Waals surface area (Å²) in [5.74, 6) is 0. The molecule has 1 aliphatic rings. The van der Waals surface area contributed by atoms with Gasteiger partial charge in [-0.25, -0.2) is 0 Å². The van der Waals surface area contributed by atoms with Gasteiger partial charge in [0.1, 0.15) is 0 Å². The summed E-state index contributed by atoms with van der Waals surface area (Å²) < 4.78 is 0. The molecule has 2 rings (SSSR count). The molecule has 4 heteroatoms. The van der Waals surface area contributed by atoms with E-state index in [0.29, 0.717) is 0 Å². The van der Waals surface area contributed by atoms with Crippen molar-refractivity contribution in [3.05, 3.63) is 29.8 Å². The number of hydrogen-bond donors (Lipinski definition) is 1. The van der Waals surface area contributed by atoms with Crippen molar-refractivity contribution in [3.8, 4) is 0 Å². The van der Waals surface area contributed by atoms with Crippen molar-refractivity contribution in [2.24, 2.45) is 0 Å². The SMILES string of the molecule is CCN1CCN(C(CO)c2ccc(N(CC)CC)cc2)CC1. The van der Waals surface area contributed by atoms with Gasteiger partial charge < -0.3 is 14.9 Å². The first kappa shape index (κ1) is 17.3. The minimum atomic E-state index is 0.129. The number of anilines is 1. The molecule has 1 unspecified atom stereocenters. The van der Waals surface area contributed by atoms with E-state index in [-0.39, 0.29) is 12.6 Å². The predicted molar refractivity (Wildman–Crippen MR) is 93.5 cm³/mol. The van der Waals surface area contributed by atoms with E-state index in [1.807, 2.05) is 0 Å². The highest BCUT2D eigenvalue weighted by atomic mass is 16.3. The number of nitrogens with zero attached hydrogens (tertiary/aromatic N) is 3. The fourth-order valence-electron chi connectivity index (χ4n) is 3.32. The molecule has 124 valence electrons. The molecule has 4 nitrogen and oxygen atoms in total. The van der Waals surface area contributed by atoms with Crippen LogP contribution in [0, 0.1) is 0 Å². The largest absolute Gasteiger partial charge is 0.394 e. The zero-order valence-corrected chi connectivity index (χ0v) is 14.3. The lowest BCUT2D eigenvalue weighted by molar-refractivity contribution is 0.0672. The van der Waals surface area contributed by atoms with Crippen molar-refractivity contribution < 1.29 is 5.11 Å². The first-order chi connectivity index (χ1) is 10.7. The number of benzene rings is 1. The first-order valence-electron chi connectivity index (χ1n) is 8.65. The molecule has 0 aromatic heterocycles. The van der Waals surface area contributed by atoms with Crippen LogP contribution >= 0.6 is 0 Å². The average Bonchev–Trinajstić information content (AvgIpc) is 2.58. The fourth-order valence-corrected chi connectivity index (χ4v) is 3.32. The predicted octanol–water partition coefficient (Wildman–Crippen LogP) is 2.20. The van der Waals surface area contributed by atoms with Crippen LogP contribution in [0.15, 0.2) is 24.3 Å². The van der Waals surface area contributed by atoms with E-state index >= 15 is 0 Å². The Morgan fingerprint density at radius 1 is 1.00 bits per heavy atom. The molecule has 0 spiro atoms. The summed E-state index contributed by atoms with van der Waals surface area (Å²) in [5.41, 5.74) is 2.49. The van der Waals surface area contributed by atoms with Crippen LogP contribution in [-0.2, 0) is 0 Å². The molecule has 1 fully saturated rings. The Kier molecular flexibility index (Phi) is 6.68. The maximum atomic E-state index is 9.86. The highest BCUT2D eigenvalue weighted by Crippen LogP contribution is 2.24. The third-order valence-corrected chi connectivity index (χ3v) is 4.87. The second-order valence-electron chi connectivity index (χ2n) is 5.93. The van der Waals surface area contributed by atoms with Crippen LogP contribution < -0.4 is 4.90 Å². The van der Waals surface area contributed by atoms with E-state index in [4.69, 9.17) is 0 Å². The Balaban J connectivity index is 2.05. The number of aliphatic hydroxyl groups excluding tert-OH is 1.